The number of benzene rings is 2. The third-order valence-electron chi connectivity index (χ3n) is 5.68. The number of ether oxygens (including phenoxy) is 2. The molecule has 2 aromatic carbocycles. The highest BCUT2D eigenvalue weighted by molar-refractivity contribution is 5.76. The first-order chi connectivity index (χ1) is 15.5. The fourth-order valence-corrected chi connectivity index (χ4v) is 3.76. The van der Waals surface area contributed by atoms with Gasteiger partial charge in [-0.3, -0.25) is 4.79 Å². The number of amides is 1. The average molecular weight is 436 g/mol. The lowest BCUT2D eigenvalue weighted by molar-refractivity contribution is -0.130. The van der Waals surface area contributed by atoms with Crippen LogP contribution in [-0.2, 0) is 17.6 Å². The normalized spacial score (nSPS) is 10.8. The van der Waals surface area contributed by atoms with Crippen molar-refractivity contribution in [1.82, 2.24) is 14.7 Å². The zero-order valence-corrected chi connectivity index (χ0v) is 19.7. The Hall–Kier alpha value is -3.28. The topological polar surface area (TPSA) is 56.6 Å². The van der Waals surface area contributed by atoms with E-state index < -0.39 is 0 Å². The van der Waals surface area contributed by atoms with Crippen molar-refractivity contribution >= 4 is 5.91 Å². The summed E-state index contributed by atoms with van der Waals surface area (Å²) in [5, 5.41) is 4.87. The summed E-state index contributed by atoms with van der Waals surface area (Å²) < 4.78 is 13.6. The summed E-state index contributed by atoms with van der Waals surface area (Å²) in [5.74, 6) is 2.37. The second-order valence-corrected chi connectivity index (χ2v) is 7.63. The lowest BCUT2D eigenvalue weighted by Crippen LogP contribution is -2.30. The van der Waals surface area contributed by atoms with E-state index in [-0.39, 0.29) is 5.91 Å². The summed E-state index contributed by atoms with van der Waals surface area (Å²) in [7, 11) is 1.65. The van der Waals surface area contributed by atoms with Crippen LogP contribution in [0, 0.1) is 6.92 Å². The number of methoxy groups -OCH3 is 1. The van der Waals surface area contributed by atoms with Crippen LogP contribution in [0.25, 0.3) is 5.69 Å². The number of carbonyl (C=O) groups is 1. The van der Waals surface area contributed by atoms with Gasteiger partial charge in [0.1, 0.15) is 11.5 Å². The molecule has 0 atom stereocenters. The average Bonchev–Trinajstić information content (AvgIpc) is 3.17. The van der Waals surface area contributed by atoms with Crippen molar-refractivity contribution in [3.63, 3.8) is 0 Å². The standard InChI is InChI=1S/C26H33N3O3/c1-6-23-22(17-18-25(30)28(7-2)8-3)26(32-24-12-10-9-11-19(24)4)29(27-23)20-13-15-21(31-5)16-14-20/h9-16H,6-8,17-18H2,1-5H3. The van der Waals surface area contributed by atoms with Gasteiger partial charge in [-0.15, -0.1) is 0 Å². The number of nitrogens with zero attached hydrogens (tertiary/aromatic N) is 3. The van der Waals surface area contributed by atoms with Crippen LogP contribution in [0.15, 0.2) is 48.5 Å². The first kappa shape index (κ1) is 23.4. The maximum Gasteiger partial charge on any atom is 0.226 e. The number of carbonyl (C=O) groups excluding carboxylic acids is 1. The van der Waals surface area contributed by atoms with Crippen LogP contribution in [-0.4, -0.2) is 40.8 Å². The van der Waals surface area contributed by atoms with Gasteiger partial charge in [-0.2, -0.15) is 5.10 Å². The third-order valence-corrected chi connectivity index (χ3v) is 5.68. The summed E-state index contributed by atoms with van der Waals surface area (Å²) in [4.78, 5) is 14.6. The minimum Gasteiger partial charge on any atom is -0.497 e. The molecule has 0 bridgehead atoms. The van der Waals surface area contributed by atoms with Gasteiger partial charge in [-0.05, 0) is 69.5 Å². The highest BCUT2D eigenvalue weighted by atomic mass is 16.5. The fourth-order valence-electron chi connectivity index (χ4n) is 3.76. The first-order valence-electron chi connectivity index (χ1n) is 11.3. The Morgan fingerprint density at radius 2 is 1.72 bits per heavy atom. The Balaban J connectivity index is 2.04. The molecule has 0 aliphatic rings. The Bertz CT molecular complexity index is 1040. The number of aryl methyl sites for hydroxylation is 2. The Morgan fingerprint density at radius 1 is 1.03 bits per heavy atom. The van der Waals surface area contributed by atoms with Gasteiger partial charge in [0.2, 0.25) is 11.8 Å². The second-order valence-electron chi connectivity index (χ2n) is 7.63. The van der Waals surface area contributed by atoms with E-state index in [2.05, 4.69) is 6.92 Å². The minimum absolute atomic E-state index is 0.149. The lowest BCUT2D eigenvalue weighted by atomic mass is 10.1. The fraction of sp³-hybridized carbons (Fsp3) is 0.385. The van der Waals surface area contributed by atoms with Crippen molar-refractivity contribution in [3.8, 4) is 23.1 Å². The van der Waals surface area contributed by atoms with E-state index in [0.717, 1.165) is 40.4 Å². The van der Waals surface area contributed by atoms with Crippen LogP contribution < -0.4 is 9.47 Å². The third kappa shape index (κ3) is 5.13. The van der Waals surface area contributed by atoms with Crippen LogP contribution in [0.2, 0.25) is 0 Å². The molecule has 6 heteroatoms. The van der Waals surface area contributed by atoms with Crippen LogP contribution in [0.5, 0.6) is 17.4 Å². The predicted octanol–water partition coefficient (Wildman–Crippen LogP) is 5.35. The van der Waals surface area contributed by atoms with Gasteiger partial charge in [0.05, 0.1) is 18.5 Å². The molecule has 3 rings (SSSR count). The van der Waals surface area contributed by atoms with Crippen molar-refractivity contribution in [1.29, 1.82) is 0 Å². The quantitative estimate of drug-likeness (QED) is 0.431. The van der Waals surface area contributed by atoms with Crippen LogP contribution >= 0.6 is 0 Å². The molecule has 6 nitrogen and oxygen atoms in total. The van der Waals surface area contributed by atoms with E-state index in [1.54, 1.807) is 7.11 Å². The van der Waals surface area contributed by atoms with E-state index in [9.17, 15) is 4.79 Å². The molecule has 0 saturated heterocycles. The SMILES string of the molecule is CCc1nn(-c2ccc(OC)cc2)c(Oc2ccccc2C)c1CCC(=O)N(CC)CC. The van der Waals surface area contributed by atoms with Gasteiger partial charge in [0, 0.05) is 25.1 Å². The molecule has 0 radical (unpaired) electrons. The molecule has 3 aromatic rings. The van der Waals surface area contributed by atoms with E-state index >= 15 is 0 Å². The van der Waals surface area contributed by atoms with Crippen LogP contribution in [0.1, 0.15) is 44.0 Å². The summed E-state index contributed by atoms with van der Waals surface area (Å²) in [5.41, 5.74) is 3.84. The monoisotopic (exact) mass is 435 g/mol. The van der Waals surface area contributed by atoms with Gasteiger partial charge >= 0.3 is 0 Å². The smallest absolute Gasteiger partial charge is 0.226 e. The van der Waals surface area contributed by atoms with E-state index in [4.69, 9.17) is 14.6 Å². The lowest BCUT2D eigenvalue weighted by Gasteiger charge is -2.18. The number of aromatic nitrogens is 2. The summed E-state index contributed by atoms with van der Waals surface area (Å²) in [6.45, 7) is 9.55. The summed E-state index contributed by atoms with van der Waals surface area (Å²) in [6.07, 6.45) is 1.76. The number of hydrogen-bond donors (Lipinski definition) is 0. The molecule has 0 N–H and O–H groups in total. The molecule has 1 amide bonds. The molecule has 0 saturated carbocycles. The van der Waals surface area contributed by atoms with Crippen molar-refractivity contribution in [3.05, 3.63) is 65.4 Å². The first-order valence-corrected chi connectivity index (χ1v) is 11.3. The number of hydrogen-bond acceptors (Lipinski definition) is 4. The maximum atomic E-state index is 12.7. The molecule has 1 heterocycles. The summed E-state index contributed by atoms with van der Waals surface area (Å²) >= 11 is 0. The van der Waals surface area contributed by atoms with Gasteiger partial charge in [0.25, 0.3) is 0 Å². The van der Waals surface area contributed by atoms with Crippen LogP contribution in [0.4, 0.5) is 0 Å². The highest BCUT2D eigenvalue weighted by Gasteiger charge is 2.22. The van der Waals surface area contributed by atoms with Gasteiger partial charge < -0.3 is 14.4 Å². The zero-order valence-electron chi connectivity index (χ0n) is 19.7. The molecule has 0 spiro atoms. The summed E-state index contributed by atoms with van der Waals surface area (Å²) in [6, 6.07) is 15.7. The largest absolute Gasteiger partial charge is 0.497 e. The van der Waals surface area contributed by atoms with Gasteiger partial charge in [-0.25, -0.2) is 4.68 Å². The Labute approximate surface area is 190 Å². The molecule has 0 unspecified atom stereocenters. The molecular weight excluding hydrogens is 402 g/mol. The van der Waals surface area contributed by atoms with Crippen LogP contribution in [0.3, 0.4) is 0 Å². The second kappa shape index (κ2) is 10.8. The Morgan fingerprint density at radius 3 is 2.31 bits per heavy atom. The Kier molecular flexibility index (Phi) is 7.92. The molecule has 0 fully saturated rings. The maximum absolute atomic E-state index is 12.7. The predicted molar refractivity (Wildman–Crippen MR) is 127 cm³/mol. The molecular formula is C26H33N3O3. The molecule has 0 aliphatic heterocycles. The molecule has 1 aromatic heterocycles. The van der Waals surface area contributed by atoms with Gasteiger partial charge in [-0.1, -0.05) is 25.1 Å². The molecule has 32 heavy (non-hydrogen) atoms. The molecule has 170 valence electrons. The minimum atomic E-state index is 0.149. The van der Waals surface area contributed by atoms with E-state index in [1.807, 2.05) is 78.9 Å². The van der Waals surface area contributed by atoms with Crippen molar-refractivity contribution in [2.24, 2.45) is 0 Å². The zero-order chi connectivity index (χ0) is 23.1. The van der Waals surface area contributed by atoms with Crippen molar-refractivity contribution in [2.75, 3.05) is 20.2 Å². The van der Waals surface area contributed by atoms with Gasteiger partial charge in [0.15, 0.2) is 0 Å². The molecule has 0 aliphatic carbocycles. The number of para-hydroxylation sites is 1. The number of rotatable bonds is 10. The highest BCUT2D eigenvalue weighted by Crippen LogP contribution is 2.34. The van der Waals surface area contributed by atoms with E-state index in [1.165, 1.54) is 0 Å². The van der Waals surface area contributed by atoms with E-state index in [0.29, 0.717) is 31.8 Å². The van der Waals surface area contributed by atoms with Crippen molar-refractivity contribution in [2.45, 2.75) is 47.0 Å². The van der Waals surface area contributed by atoms with Crippen molar-refractivity contribution < 1.29 is 14.3 Å².